The third-order valence-corrected chi connectivity index (χ3v) is 5.85. The normalized spacial score (nSPS) is 19.1. The van der Waals surface area contributed by atoms with E-state index in [0.717, 1.165) is 63.2 Å². The van der Waals surface area contributed by atoms with Crippen LogP contribution in [-0.2, 0) is 16.1 Å². The Morgan fingerprint density at radius 2 is 1.79 bits per heavy atom. The minimum Gasteiger partial charge on any atom is -0.497 e. The lowest BCUT2D eigenvalue weighted by Crippen LogP contribution is -2.45. The predicted molar refractivity (Wildman–Crippen MR) is 109 cm³/mol. The summed E-state index contributed by atoms with van der Waals surface area (Å²) in [7, 11) is 1.64. The number of benzene rings is 1. The van der Waals surface area contributed by atoms with Crippen molar-refractivity contribution in [1.29, 1.82) is 0 Å². The maximum atomic E-state index is 12.8. The predicted octanol–water partition coefficient (Wildman–Crippen LogP) is 2.43. The fourth-order valence-corrected chi connectivity index (χ4v) is 4.13. The van der Waals surface area contributed by atoms with E-state index in [2.05, 4.69) is 15.1 Å². The molecule has 2 aliphatic heterocycles. The molecule has 1 aromatic rings. The van der Waals surface area contributed by atoms with Gasteiger partial charge in [-0.2, -0.15) is 0 Å². The van der Waals surface area contributed by atoms with Crippen LogP contribution in [-0.4, -0.2) is 61.4 Å². The highest BCUT2D eigenvalue weighted by molar-refractivity contribution is 5.79. The summed E-state index contributed by atoms with van der Waals surface area (Å²) in [6.07, 6.45) is 6.48. The van der Waals surface area contributed by atoms with Crippen LogP contribution in [0.3, 0.4) is 0 Å². The Labute approximate surface area is 168 Å². The van der Waals surface area contributed by atoms with E-state index in [1.807, 2.05) is 24.3 Å². The molecule has 2 amide bonds. The lowest BCUT2D eigenvalue weighted by molar-refractivity contribution is -0.137. The molecule has 2 saturated heterocycles. The van der Waals surface area contributed by atoms with Gasteiger partial charge in [0.2, 0.25) is 11.8 Å². The standard InChI is InChI=1S/C22H33N3O3/c1-28-20-8-6-7-18(15-20)16-23-21(26)17-24-13-9-19(10-14-24)22(27)25-11-4-2-3-5-12-25/h6-8,15,19H,2-5,9-14,16-17H2,1H3,(H,23,26). The first-order chi connectivity index (χ1) is 13.7. The number of ether oxygens (including phenoxy) is 1. The molecule has 154 valence electrons. The Morgan fingerprint density at radius 1 is 1.07 bits per heavy atom. The molecule has 1 N–H and O–H groups in total. The lowest BCUT2D eigenvalue weighted by atomic mass is 9.95. The molecule has 6 nitrogen and oxygen atoms in total. The van der Waals surface area contributed by atoms with Gasteiger partial charge in [0, 0.05) is 25.6 Å². The van der Waals surface area contributed by atoms with Crippen molar-refractivity contribution in [3.05, 3.63) is 29.8 Å². The van der Waals surface area contributed by atoms with Crippen LogP contribution in [0.5, 0.6) is 5.75 Å². The molecule has 0 aromatic heterocycles. The highest BCUT2D eigenvalue weighted by Gasteiger charge is 2.29. The first-order valence-electron chi connectivity index (χ1n) is 10.6. The molecule has 0 bridgehead atoms. The Hall–Kier alpha value is -2.08. The highest BCUT2D eigenvalue weighted by atomic mass is 16.5. The number of likely N-dealkylation sites (tertiary alicyclic amines) is 2. The number of piperidine rings is 1. The van der Waals surface area contributed by atoms with Crippen LogP contribution in [0.25, 0.3) is 0 Å². The third-order valence-electron chi connectivity index (χ3n) is 5.85. The molecule has 3 rings (SSSR count). The quantitative estimate of drug-likeness (QED) is 0.814. The SMILES string of the molecule is COc1cccc(CNC(=O)CN2CCC(C(=O)N3CCCCCC3)CC2)c1. The van der Waals surface area contributed by atoms with Gasteiger partial charge in [-0.05, 0) is 56.5 Å². The van der Waals surface area contributed by atoms with Gasteiger partial charge in [0.25, 0.3) is 0 Å². The summed E-state index contributed by atoms with van der Waals surface area (Å²) in [4.78, 5) is 29.3. The fourth-order valence-electron chi connectivity index (χ4n) is 4.13. The summed E-state index contributed by atoms with van der Waals surface area (Å²) in [5.41, 5.74) is 1.02. The van der Waals surface area contributed by atoms with Gasteiger partial charge < -0.3 is 15.0 Å². The first-order valence-corrected chi connectivity index (χ1v) is 10.6. The van der Waals surface area contributed by atoms with E-state index >= 15 is 0 Å². The van der Waals surface area contributed by atoms with Gasteiger partial charge in [-0.1, -0.05) is 25.0 Å². The van der Waals surface area contributed by atoms with Gasteiger partial charge in [-0.15, -0.1) is 0 Å². The summed E-state index contributed by atoms with van der Waals surface area (Å²) < 4.78 is 5.21. The van der Waals surface area contributed by atoms with E-state index in [-0.39, 0.29) is 11.8 Å². The van der Waals surface area contributed by atoms with Crippen molar-refractivity contribution in [2.45, 2.75) is 45.1 Å². The maximum Gasteiger partial charge on any atom is 0.234 e. The first kappa shape index (κ1) is 20.6. The zero-order chi connectivity index (χ0) is 19.8. The Balaban J connectivity index is 1.38. The topological polar surface area (TPSA) is 61.9 Å². The van der Waals surface area contributed by atoms with E-state index in [1.54, 1.807) is 7.11 Å². The minimum absolute atomic E-state index is 0.0279. The van der Waals surface area contributed by atoms with Gasteiger partial charge in [0.15, 0.2) is 0 Å². The van der Waals surface area contributed by atoms with Crippen LogP contribution in [0, 0.1) is 5.92 Å². The monoisotopic (exact) mass is 387 g/mol. The second-order valence-corrected chi connectivity index (χ2v) is 7.92. The van der Waals surface area contributed by atoms with Crippen molar-refractivity contribution in [3.63, 3.8) is 0 Å². The number of hydrogen-bond donors (Lipinski definition) is 1. The number of methoxy groups -OCH3 is 1. The molecule has 0 unspecified atom stereocenters. The van der Waals surface area contributed by atoms with Crippen molar-refractivity contribution in [2.24, 2.45) is 5.92 Å². The van der Waals surface area contributed by atoms with Gasteiger partial charge in [-0.3, -0.25) is 14.5 Å². The average Bonchev–Trinajstić information content (AvgIpc) is 3.02. The molecule has 0 atom stereocenters. The van der Waals surface area contributed by atoms with Crippen LogP contribution in [0.1, 0.15) is 44.1 Å². The number of hydrogen-bond acceptors (Lipinski definition) is 4. The van der Waals surface area contributed by atoms with E-state index in [9.17, 15) is 9.59 Å². The van der Waals surface area contributed by atoms with E-state index in [1.165, 1.54) is 12.8 Å². The number of carbonyl (C=O) groups is 2. The molecular weight excluding hydrogens is 354 g/mol. The molecule has 28 heavy (non-hydrogen) atoms. The van der Waals surface area contributed by atoms with Gasteiger partial charge in [0.1, 0.15) is 5.75 Å². The molecular formula is C22H33N3O3. The highest BCUT2D eigenvalue weighted by Crippen LogP contribution is 2.21. The lowest BCUT2D eigenvalue weighted by Gasteiger charge is -2.33. The van der Waals surface area contributed by atoms with Crippen LogP contribution < -0.4 is 10.1 Å². The largest absolute Gasteiger partial charge is 0.497 e. The Kier molecular flexibility index (Phi) is 7.71. The second kappa shape index (κ2) is 10.5. The van der Waals surface area contributed by atoms with Crippen LogP contribution in [0.15, 0.2) is 24.3 Å². The molecule has 2 aliphatic rings. The Bertz CT molecular complexity index is 648. The van der Waals surface area contributed by atoms with Crippen molar-refractivity contribution < 1.29 is 14.3 Å². The van der Waals surface area contributed by atoms with Crippen LogP contribution >= 0.6 is 0 Å². The molecule has 1 aromatic carbocycles. The number of amides is 2. The van der Waals surface area contributed by atoms with E-state index in [0.29, 0.717) is 19.0 Å². The Morgan fingerprint density at radius 3 is 2.46 bits per heavy atom. The van der Waals surface area contributed by atoms with Crippen molar-refractivity contribution in [1.82, 2.24) is 15.1 Å². The van der Waals surface area contributed by atoms with Crippen molar-refractivity contribution >= 4 is 11.8 Å². The van der Waals surface area contributed by atoms with Gasteiger partial charge in [-0.25, -0.2) is 0 Å². The number of carbonyl (C=O) groups excluding carboxylic acids is 2. The smallest absolute Gasteiger partial charge is 0.234 e. The molecule has 6 heteroatoms. The summed E-state index contributed by atoms with van der Waals surface area (Å²) in [5.74, 6) is 1.29. The summed E-state index contributed by atoms with van der Waals surface area (Å²) in [5, 5.41) is 2.98. The number of nitrogens with zero attached hydrogens (tertiary/aromatic N) is 2. The zero-order valence-corrected chi connectivity index (χ0v) is 17.0. The van der Waals surface area contributed by atoms with Crippen LogP contribution in [0.2, 0.25) is 0 Å². The third kappa shape index (κ3) is 5.96. The van der Waals surface area contributed by atoms with Gasteiger partial charge >= 0.3 is 0 Å². The molecule has 0 aliphatic carbocycles. The summed E-state index contributed by atoms with van der Waals surface area (Å²) in [6, 6.07) is 7.72. The molecule has 0 spiro atoms. The second-order valence-electron chi connectivity index (χ2n) is 7.92. The van der Waals surface area contributed by atoms with E-state index in [4.69, 9.17) is 4.74 Å². The average molecular weight is 388 g/mol. The summed E-state index contributed by atoms with van der Waals surface area (Å²) >= 11 is 0. The van der Waals surface area contributed by atoms with Crippen LogP contribution in [0.4, 0.5) is 0 Å². The molecule has 0 radical (unpaired) electrons. The number of rotatable bonds is 6. The fraction of sp³-hybridized carbons (Fsp3) is 0.636. The van der Waals surface area contributed by atoms with Gasteiger partial charge in [0.05, 0.1) is 13.7 Å². The zero-order valence-electron chi connectivity index (χ0n) is 17.0. The summed E-state index contributed by atoms with van der Waals surface area (Å²) in [6.45, 7) is 4.37. The van der Waals surface area contributed by atoms with Crippen molar-refractivity contribution in [3.8, 4) is 5.75 Å². The molecule has 0 saturated carbocycles. The number of nitrogens with one attached hydrogen (secondary N) is 1. The maximum absolute atomic E-state index is 12.8. The van der Waals surface area contributed by atoms with Crippen molar-refractivity contribution in [2.75, 3.05) is 39.8 Å². The molecule has 2 heterocycles. The molecule has 2 fully saturated rings. The van der Waals surface area contributed by atoms with E-state index < -0.39 is 0 Å². The minimum atomic E-state index is 0.0279.